The molecule has 6 heteroatoms. The van der Waals surface area contributed by atoms with Crippen LogP contribution in [-0.2, 0) is 9.59 Å². The van der Waals surface area contributed by atoms with E-state index in [9.17, 15) is 9.59 Å². The summed E-state index contributed by atoms with van der Waals surface area (Å²) in [6.07, 6.45) is 6.14. The molecule has 25 heavy (non-hydrogen) atoms. The highest BCUT2D eigenvalue weighted by atomic mass is 16.5. The van der Waals surface area contributed by atoms with E-state index in [1.165, 1.54) is 6.08 Å². The van der Waals surface area contributed by atoms with Crippen LogP contribution in [0, 0.1) is 0 Å². The second-order valence-corrected chi connectivity index (χ2v) is 5.61. The summed E-state index contributed by atoms with van der Waals surface area (Å²) in [6.45, 7) is 0.688. The minimum absolute atomic E-state index is 0.0911. The van der Waals surface area contributed by atoms with E-state index in [0.29, 0.717) is 30.1 Å². The van der Waals surface area contributed by atoms with E-state index in [1.54, 1.807) is 42.5 Å². The molecule has 0 spiro atoms. The Labute approximate surface area is 146 Å². The number of rotatable bonds is 5. The van der Waals surface area contributed by atoms with Gasteiger partial charge in [0.25, 0.3) is 0 Å². The van der Waals surface area contributed by atoms with Gasteiger partial charge in [-0.05, 0) is 36.8 Å². The fourth-order valence-corrected chi connectivity index (χ4v) is 2.70. The van der Waals surface area contributed by atoms with Crippen LogP contribution in [0.4, 0.5) is 11.4 Å². The molecule has 1 fully saturated rings. The molecule has 2 amide bonds. The number of methoxy groups -OCH3 is 1. The monoisotopic (exact) mass is 337 g/mol. The van der Waals surface area contributed by atoms with Crippen LogP contribution in [-0.4, -0.2) is 30.5 Å². The van der Waals surface area contributed by atoms with Gasteiger partial charge in [-0.3, -0.25) is 14.6 Å². The lowest BCUT2D eigenvalue weighted by Crippen LogP contribution is -2.24. The average molecular weight is 337 g/mol. The summed E-state index contributed by atoms with van der Waals surface area (Å²) in [7, 11) is 1.55. The van der Waals surface area contributed by atoms with Gasteiger partial charge < -0.3 is 15.0 Å². The first-order valence-corrected chi connectivity index (χ1v) is 8.06. The Morgan fingerprint density at radius 1 is 1.32 bits per heavy atom. The first-order chi connectivity index (χ1) is 12.2. The highest BCUT2D eigenvalue weighted by Gasteiger charge is 2.24. The molecule has 0 atom stereocenters. The van der Waals surface area contributed by atoms with Crippen LogP contribution in [0.5, 0.6) is 5.75 Å². The van der Waals surface area contributed by atoms with Crippen LogP contribution >= 0.6 is 0 Å². The maximum atomic E-state index is 12.0. The van der Waals surface area contributed by atoms with Crippen molar-refractivity contribution in [2.45, 2.75) is 12.8 Å². The molecule has 2 heterocycles. The molecule has 6 nitrogen and oxygen atoms in total. The predicted molar refractivity (Wildman–Crippen MR) is 96.5 cm³/mol. The Morgan fingerprint density at radius 3 is 2.88 bits per heavy atom. The van der Waals surface area contributed by atoms with E-state index in [4.69, 9.17) is 4.74 Å². The van der Waals surface area contributed by atoms with Crippen molar-refractivity contribution in [3.63, 3.8) is 0 Å². The van der Waals surface area contributed by atoms with Gasteiger partial charge in [-0.15, -0.1) is 0 Å². The number of hydrogen-bond donors (Lipinski definition) is 1. The largest absolute Gasteiger partial charge is 0.494 e. The topological polar surface area (TPSA) is 71.5 Å². The molecule has 1 N–H and O–H groups in total. The van der Waals surface area contributed by atoms with E-state index >= 15 is 0 Å². The average Bonchev–Trinajstić information content (AvgIpc) is 3.06. The molecule has 0 bridgehead atoms. The van der Waals surface area contributed by atoms with Crippen LogP contribution in [0.1, 0.15) is 18.5 Å². The van der Waals surface area contributed by atoms with Gasteiger partial charge in [0.05, 0.1) is 18.5 Å². The van der Waals surface area contributed by atoms with Crippen LogP contribution in [0.2, 0.25) is 0 Å². The van der Waals surface area contributed by atoms with Gasteiger partial charge in [-0.25, -0.2) is 0 Å². The SMILES string of the molecule is COc1cc(NC(=O)/C=C\c2ccccn2)ccc1N1CCCC1=O. The molecule has 1 aromatic heterocycles. The highest BCUT2D eigenvalue weighted by molar-refractivity contribution is 6.02. The molecular formula is C19H19N3O3. The standard InChI is InChI=1S/C19H19N3O3/c1-25-17-13-15(7-9-16(17)22-12-4-6-19(22)24)21-18(23)10-8-14-5-2-3-11-20-14/h2-3,5,7-11,13H,4,6,12H2,1H3,(H,21,23)/b10-8-. The maximum Gasteiger partial charge on any atom is 0.248 e. The number of aromatic nitrogens is 1. The number of nitrogens with one attached hydrogen (secondary N) is 1. The second-order valence-electron chi connectivity index (χ2n) is 5.61. The smallest absolute Gasteiger partial charge is 0.248 e. The molecule has 0 aliphatic carbocycles. The van der Waals surface area contributed by atoms with Gasteiger partial charge in [0, 0.05) is 37.0 Å². The Bertz CT molecular complexity index is 803. The third kappa shape index (κ3) is 4.03. The van der Waals surface area contributed by atoms with Gasteiger partial charge in [0.2, 0.25) is 11.8 Å². The molecule has 0 radical (unpaired) electrons. The van der Waals surface area contributed by atoms with Crippen molar-refractivity contribution in [3.05, 3.63) is 54.4 Å². The number of hydrogen-bond acceptors (Lipinski definition) is 4. The van der Waals surface area contributed by atoms with Crippen molar-refractivity contribution in [2.24, 2.45) is 0 Å². The number of carbonyl (C=O) groups is 2. The molecule has 1 saturated heterocycles. The zero-order chi connectivity index (χ0) is 17.6. The number of pyridine rings is 1. The van der Waals surface area contributed by atoms with Crippen LogP contribution < -0.4 is 15.0 Å². The Hall–Kier alpha value is -3.15. The summed E-state index contributed by atoms with van der Waals surface area (Å²) >= 11 is 0. The summed E-state index contributed by atoms with van der Waals surface area (Å²) in [4.78, 5) is 29.8. The van der Waals surface area contributed by atoms with E-state index in [2.05, 4.69) is 10.3 Å². The summed E-state index contributed by atoms with van der Waals surface area (Å²) in [5, 5.41) is 2.78. The van der Waals surface area contributed by atoms with Gasteiger partial charge in [-0.1, -0.05) is 6.07 Å². The number of anilines is 2. The minimum Gasteiger partial charge on any atom is -0.494 e. The number of nitrogens with zero attached hydrogens (tertiary/aromatic N) is 2. The molecule has 2 aromatic rings. The maximum absolute atomic E-state index is 12.0. The number of benzene rings is 1. The molecule has 1 aliphatic rings. The lowest BCUT2D eigenvalue weighted by Gasteiger charge is -2.19. The van der Waals surface area contributed by atoms with Crippen LogP contribution in [0.15, 0.2) is 48.7 Å². The Kier molecular flexibility index (Phi) is 5.09. The fourth-order valence-electron chi connectivity index (χ4n) is 2.70. The van der Waals surface area contributed by atoms with Gasteiger partial charge in [0.15, 0.2) is 0 Å². The van der Waals surface area contributed by atoms with Crippen LogP contribution in [0.3, 0.4) is 0 Å². The predicted octanol–water partition coefficient (Wildman–Crippen LogP) is 2.87. The third-order valence-corrected chi connectivity index (χ3v) is 3.90. The molecule has 0 unspecified atom stereocenters. The Morgan fingerprint density at radius 2 is 2.20 bits per heavy atom. The van der Waals surface area contributed by atoms with Crippen molar-refractivity contribution in [3.8, 4) is 5.75 Å². The van der Waals surface area contributed by atoms with Crippen LogP contribution in [0.25, 0.3) is 6.08 Å². The summed E-state index contributed by atoms with van der Waals surface area (Å²) in [5.41, 5.74) is 2.04. The van der Waals surface area contributed by atoms with E-state index < -0.39 is 0 Å². The first-order valence-electron chi connectivity index (χ1n) is 8.06. The van der Waals surface area contributed by atoms with Crippen molar-refractivity contribution in [1.29, 1.82) is 0 Å². The molecule has 1 aromatic carbocycles. The first kappa shape index (κ1) is 16.7. The molecule has 0 saturated carbocycles. The van der Waals surface area contributed by atoms with Gasteiger partial charge in [0.1, 0.15) is 5.75 Å². The van der Waals surface area contributed by atoms with Crippen molar-refractivity contribution in [1.82, 2.24) is 4.98 Å². The van der Waals surface area contributed by atoms with E-state index in [-0.39, 0.29) is 11.8 Å². The lowest BCUT2D eigenvalue weighted by molar-refractivity contribution is -0.117. The zero-order valence-corrected chi connectivity index (χ0v) is 13.9. The molecule has 128 valence electrons. The van der Waals surface area contributed by atoms with E-state index in [0.717, 1.165) is 12.1 Å². The quantitative estimate of drug-likeness (QED) is 0.852. The summed E-state index contributed by atoms with van der Waals surface area (Å²) in [6, 6.07) is 10.8. The number of ether oxygens (including phenoxy) is 1. The summed E-state index contributed by atoms with van der Waals surface area (Å²) in [5.74, 6) is 0.382. The fraction of sp³-hybridized carbons (Fsp3) is 0.211. The third-order valence-electron chi connectivity index (χ3n) is 3.90. The number of carbonyl (C=O) groups excluding carboxylic acids is 2. The molecular weight excluding hydrogens is 318 g/mol. The zero-order valence-electron chi connectivity index (χ0n) is 13.9. The van der Waals surface area contributed by atoms with Gasteiger partial charge >= 0.3 is 0 Å². The van der Waals surface area contributed by atoms with Crippen molar-refractivity contribution in [2.75, 3.05) is 23.9 Å². The second kappa shape index (κ2) is 7.61. The van der Waals surface area contributed by atoms with Crippen molar-refractivity contribution >= 4 is 29.3 Å². The highest BCUT2D eigenvalue weighted by Crippen LogP contribution is 2.33. The van der Waals surface area contributed by atoms with Gasteiger partial charge in [-0.2, -0.15) is 0 Å². The normalized spacial score (nSPS) is 14.1. The van der Waals surface area contributed by atoms with E-state index in [1.807, 2.05) is 18.2 Å². The Balaban J connectivity index is 1.71. The minimum atomic E-state index is -0.266. The molecule has 3 rings (SSSR count). The lowest BCUT2D eigenvalue weighted by atomic mass is 10.2. The van der Waals surface area contributed by atoms with Crippen molar-refractivity contribution < 1.29 is 14.3 Å². The molecule has 1 aliphatic heterocycles. The number of amides is 2. The summed E-state index contributed by atoms with van der Waals surface area (Å²) < 4.78 is 5.38.